The molecule has 0 unspecified atom stereocenters. The summed E-state index contributed by atoms with van der Waals surface area (Å²) in [6, 6.07) is 15.7. The van der Waals surface area contributed by atoms with Gasteiger partial charge in [-0.05, 0) is 49.2 Å². The number of benzene rings is 2. The molecule has 0 N–H and O–H groups in total. The predicted octanol–water partition coefficient (Wildman–Crippen LogP) is 3.76. The normalized spacial score (nSPS) is 16.3. The number of hydrogen-bond acceptors (Lipinski definition) is 5. The van der Waals surface area contributed by atoms with Crippen LogP contribution in [0.4, 0.5) is 10.1 Å². The molecule has 2 fully saturated rings. The van der Waals surface area contributed by atoms with Crippen molar-refractivity contribution >= 4 is 28.5 Å². The van der Waals surface area contributed by atoms with E-state index in [9.17, 15) is 14.0 Å². The Kier molecular flexibility index (Phi) is 5.47. The van der Waals surface area contributed by atoms with E-state index in [0.29, 0.717) is 37.7 Å². The van der Waals surface area contributed by atoms with Crippen molar-refractivity contribution in [2.24, 2.45) is 0 Å². The number of halogens is 1. The summed E-state index contributed by atoms with van der Waals surface area (Å²) in [5, 5.41) is 0.738. The standard InChI is InChI=1S/C25H24FN3O3/c26-18-7-9-19(10-8-18)28-11-13-29(14-12-28)24(30)16-32-25(31)21-15-23(17-5-6-17)27-22-4-2-1-3-20(21)22/h1-4,7-10,15,17H,5-6,11-14,16H2. The fourth-order valence-corrected chi connectivity index (χ4v) is 4.12. The van der Waals surface area contributed by atoms with Crippen LogP contribution in [0, 0.1) is 5.82 Å². The van der Waals surface area contributed by atoms with Crippen molar-refractivity contribution in [1.82, 2.24) is 9.88 Å². The van der Waals surface area contributed by atoms with Crippen LogP contribution in [0.5, 0.6) is 0 Å². The van der Waals surface area contributed by atoms with Gasteiger partial charge in [-0.1, -0.05) is 18.2 Å². The molecule has 3 aromatic rings. The lowest BCUT2D eigenvalue weighted by Gasteiger charge is -2.36. The lowest BCUT2D eigenvalue weighted by Crippen LogP contribution is -2.49. The first-order chi connectivity index (χ1) is 15.6. The first-order valence-corrected chi connectivity index (χ1v) is 10.9. The summed E-state index contributed by atoms with van der Waals surface area (Å²) in [6.07, 6.45) is 2.17. The van der Waals surface area contributed by atoms with Gasteiger partial charge in [-0.15, -0.1) is 0 Å². The Bertz CT molecular complexity index is 1150. The second kappa shape index (κ2) is 8.57. The van der Waals surface area contributed by atoms with Gasteiger partial charge in [-0.2, -0.15) is 0 Å². The maximum absolute atomic E-state index is 13.1. The summed E-state index contributed by atoms with van der Waals surface area (Å²) in [7, 11) is 0. The molecule has 1 aliphatic carbocycles. The second-order valence-electron chi connectivity index (χ2n) is 8.31. The minimum Gasteiger partial charge on any atom is -0.452 e. The van der Waals surface area contributed by atoms with Crippen molar-refractivity contribution in [2.45, 2.75) is 18.8 Å². The highest BCUT2D eigenvalue weighted by atomic mass is 19.1. The molecule has 0 spiro atoms. The summed E-state index contributed by atoms with van der Waals surface area (Å²) in [6.45, 7) is 2.05. The van der Waals surface area contributed by atoms with Crippen molar-refractivity contribution in [2.75, 3.05) is 37.7 Å². The molecular weight excluding hydrogens is 409 g/mol. The van der Waals surface area contributed by atoms with Crippen LogP contribution in [0.1, 0.15) is 34.8 Å². The number of ether oxygens (including phenoxy) is 1. The van der Waals surface area contributed by atoms with Crippen LogP contribution in [-0.4, -0.2) is 54.5 Å². The van der Waals surface area contributed by atoms with Crippen molar-refractivity contribution < 1.29 is 18.7 Å². The maximum atomic E-state index is 13.1. The first-order valence-electron chi connectivity index (χ1n) is 10.9. The van der Waals surface area contributed by atoms with Gasteiger partial charge in [0.15, 0.2) is 6.61 Å². The number of fused-ring (bicyclic) bond motifs is 1. The number of nitrogens with zero attached hydrogens (tertiary/aromatic N) is 3. The van der Waals surface area contributed by atoms with Crippen LogP contribution in [-0.2, 0) is 9.53 Å². The monoisotopic (exact) mass is 433 g/mol. The van der Waals surface area contributed by atoms with Crippen LogP contribution in [0.3, 0.4) is 0 Å². The van der Waals surface area contributed by atoms with Gasteiger partial charge in [0.1, 0.15) is 5.82 Å². The number of amides is 1. The van der Waals surface area contributed by atoms with Gasteiger partial charge in [-0.25, -0.2) is 9.18 Å². The van der Waals surface area contributed by atoms with Crippen LogP contribution >= 0.6 is 0 Å². The Balaban J connectivity index is 1.20. The molecule has 2 aliphatic rings. The smallest absolute Gasteiger partial charge is 0.339 e. The molecule has 5 rings (SSSR count). The molecule has 0 radical (unpaired) electrons. The third kappa shape index (κ3) is 4.28. The Hall–Kier alpha value is -3.48. The Morgan fingerprint density at radius 3 is 2.44 bits per heavy atom. The van der Waals surface area contributed by atoms with E-state index in [2.05, 4.69) is 9.88 Å². The van der Waals surface area contributed by atoms with E-state index in [-0.39, 0.29) is 18.3 Å². The number of hydrogen-bond donors (Lipinski definition) is 0. The van der Waals surface area contributed by atoms with Gasteiger partial charge in [0.05, 0.1) is 11.1 Å². The number of aromatic nitrogens is 1. The fourth-order valence-electron chi connectivity index (χ4n) is 4.12. The third-order valence-electron chi connectivity index (χ3n) is 6.10. The predicted molar refractivity (Wildman–Crippen MR) is 119 cm³/mol. The molecule has 7 heteroatoms. The minimum absolute atomic E-state index is 0.210. The van der Waals surface area contributed by atoms with Gasteiger partial charge >= 0.3 is 5.97 Å². The molecular formula is C25H24FN3O3. The zero-order chi connectivity index (χ0) is 22.1. The van der Waals surface area contributed by atoms with Crippen molar-refractivity contribution in [1.29, 1.82) is 0 Å². The summed E-state index contributed by atoms with van der Waals surface area (Å²) in [5.41, 5.74) is 3.08. The third-order valence-corrected chi connectivity index (χ3v) is 6.10. The van der Waals surface area contributed by atoms with E-state index in [1.807, 2.05) is 30.3 Å². The molecule has 1 aromatic heterocycles. The number of carbonyl (C=O) groups is 2. The van der Waals surface area contributed by atoms with E-state index in [1.165, 1.54) is 12.1 Å². The van der Waals surface area contributed by atoms with E-state index >= 15 is 0 Å². The van der Waals surface area contributed by atoms with Gasteiger partial charge in [0, 0.05) is 48.9 Å². The molecule has 32 heavy (non-hydrogen) atoms. The zero-order valence-electron chi connectivity index (χ0n) is 17.7. The topological polar surface area (TPSA) is 62.7 Å². The van der Waals surface area contributed by atoms with Crippen LogP contribution < -0.4 is 4.90 Å². The average Bonchev–Trinajstić information content (AvgIpc) is 3.68. The van der Waals surface area contributed by atoms with E-state index in [4.69, 9.17) is 4.74 Å². The Labute approximate surface area is 185 Å². The lowest BCUT2D eigenvalue weighted by molar-refractivity contribution is -0.134. The maximum Gasteiger partial charge on any atom is 0.339 e. The number of anilines is 1. The molecule has 2 aromatic carbocycles. The number of pyridine rings is 1. The fraction of sp³-hybridized carbons (Fsp3) is 0.320. The van der Waals surface area contributed by atoms with Gasteiger partial charge in [0.2, 0.25) is 0 Å². The summed E-state index contributed by atoms with van der Waals surface area (Å²) in [5.74, 6) is -0.567. The molecule has 1 saturated carbocycles. The van der Waals surface area contributed by atoms with Gasteiger partial charge in [-0.3, -0.25) is 9.78 Å². The van der Waals surface area contributed by atoms with Crippen LogP contribution in [0.2, 0.25) is 0 Å². The quantitative estimate of drug-likeness (QED) is 0.574. The number of piperazine rings is 1. The van der Waals surface area contributed by atoms with E-state index < -0.39 is 5.97 Å². The molecule has 1 saturated heterocycles. The molecule has 6 nitrogen and oxygen atoms in total. The molecule has 1 aliphatic heterocycles. The van der Waals surface area contributed by atoms with Crippen molar-refractivity contribution in [3.63, 3.8) is 0 Å². The number of rotatable bonds is 5. The van der Waals surface area contributed by atoms with E-state index in [1.54, 1.807) is 17.0 Å². The van der Waals surface area contributed by atoms with Crippen molar-refractivity contribution in [3.05, 3.63) is 71.7 Å². The van der Waals surface area contributed by atoms with Gasteiger partial charge < -0.3 is 14.5 Å². The average molecular weight is 433 g/mol. The highest BCUT2D eigenvalue weighted by molar-refractivity contribution is 6.04. The SMILES string of the molecule is O=C(OCC(=O)N1CCN(c2ccc(F)cc2)CC1)c1cc(C2CC2)nc2ccccc12. The minimum atomic E-state index is -0.496. The molecule has 0 bridgehead atoms. The highest BCUT2D eigenvalue weighted by Crippen LogP contribution is 2.40. The molecule has 0 atom stereocenters. The number of carbonyl (C=O) groups excluding carboxylic acids is 2. The highest BCUT2D eigenvalue weighted by Gasteiger charge is 2.28. The van der Waals surface area contributed by atoms with Gasteiger partial charge in [0.25, 0.3) is 5.91 Å². The van der Waals surface area contributed by atoms with Crippen LogP contribution in [0.15, 0.2) is 54.6 Å². The second-order valence-corrected chi connectivity index (χ2v) is 8.31. The number of esters is 1. The summed E-state index contributed by atoms with van der Waals surface area (Å²) in [4.78, 5) is 34.0. The summed E-state index contributed by atoms with van der Waals surface area (Å²) >= 11 is 0. The summed E-state index contributed by atoms with van der Waals surface area (Å²) < 4.78 is 18.5. The largest absolute Gasteiger partial charge is 0.452 e. The molecule has 1 amide bonds. The van der Waals surface area contributed by atoms with E-state index in [0.717, 1.165) is 35.1 Å². The Morgan fingerprint density at radius 1 is 1.00 bits per heavy atom. The van der Waals surface area contributed by atoms with Crippen molar-refractivity contribution in [3.8, 4) is 0 Å². The zero-order valence-corrected chi connectivity index (χ0v) is 17.7. The van der Waals surface area contributed by atoms with Crippen LogP contribution in [0.25, 0.3) is 10.9 Å². The molecule has 2 heterocycles. The first kappa shape index (κ1) is 20.4. The lowest BCUT2D eigenvalue weighted by atomic mass is 10.1. The molecule has 164 valence electrons. The Morgan fingerprint density at radius 2 is 1.72 bits per heavy atom. The number of para-hydroxylation sites is 1.